The Kier molecular flexibility index (Phi) is 6.85. The Morgan fingerprint density at radius 2 is 1.68 bits per heavy atom. The number of hydrogen-bond acceptors (Lipinski definition) is 4. The van der Waals surface area contributed by atoms with Gasteiger partial charge in [-0.25, -0.2) is 0 Å². The van der Waals surface area contributed by atoms with Crippen molar-refractivity contribution in [3.63, 3.8) is 0 Å². The molecule has 1 aliphatic heterocycles. The highest BCUT2D eigenvalue weighted by Crippen LogP contribution is 2.24. The molecule has 160 valence electrons. The second-order valence-electron chi connectivity index (χ2n) is 7.72. The Bertz CT molecular complexity index is 972. The van der Waals surface area contributed by atoms with Crippen molar-refractivity contribution in [3.05, 3.63) is 78.9 Å². The maximum Gasteiger partial charge on any atom is 0.262 e. The molecule has 5 nitrogen and oxygen atoms in total. The van der Waals surface area contributed by atoms with Gasteiger partial charge in [0, 0.05) is 31.6 Å². The van der Waals surface area contributed by atoms with Gasteiger partial charge in [-0.1, -0.05) is 42.5 Å². The summed E-state index contributed by atoms with van der Waals surface area (Å²) in [5.74, 6) is 0.486. The van der Waals surface area contributed by atoms with Crippen molar-refractivity contribution in [2.24, 2.45) is 0 Å². The quantitative estimate of drug-likeness (QED) is 0.590. The average Bonchev–Trinajstić information content (AvgIpc) is 2.84. The van der Waals surface area contributed by atoms with Crippen LogP contribution in [-0.2, 0) is 9.53 Å². The van der Waals surface area contributed by atoms with E-state index in [0.717, 1.165) is 48.4 Å². The number of hydrogen-bond donors (Lipinski definition) is 1. The first kappa shape index (κ1) is 20.9. The largest absolute Gasteiger partial charge is 0.484 e. The highest BCUT2D eigenvalue weighted by molar-refractivity contribution is 5.92. The van der Waals surface area contributed by atoms with Gasteiger partial charge in [-0.15, -0.1) is 0 Å². The number of nitrogens with one attached hydrogen (secondary N) is 1. The second kappa shape index (κ2) is 10.1. The SMILES string of the molecule is COC1CCCN(c2ccc(NC(=O)COc3ccc(-c4ccccc4)cc3)cc2)C1. The molecule has 1 atom stereocenters. The van der Waals surface area contributed by atoms with Gasteiger partial charge in [0.1, 0.15) is 5.75 Å². The standard InChI is InChI=1S/C26H28N2O3/c1-30-25-8-5-17-28(18-25)23-13-11-22(12-14-23)27-26(29)19-31-24-15-9-21(10-16-24)20-6-3-2-4-7-20/h2-4,6-7,9-16,25H,5,8,17-19H2,1H3,(H,27,29). The van der Waals surface area contributed by atoms with Crippen LogP contribution in [0.1, 0.15) is 12.8 Å². The molecule has 0 bridgehead atoms. The molecule has 1 fully saturated rings. The molecule has 1 unspecified atom stereocenters. The molecule has 1 saturated heterocycles. The zero-order chi connectivity index (χ0) is 21.5. The normalized spacial score (nSPS) is 16.0. The number of anilines is 2. The van der Waals surface area contributed by atoms with Crippen LogP contribution >= 0.6 is 0 Å². The topological polar surface area (TPSA) is 50.8 Å². The highest BCUT2D eigenvalue weighted by atomic mass is 16.5. The van der Waals surface area contributed by atoms with Crippen molar-refractivity contribution in [1.82, 2.24) is 0 Å². The third kappa shape index (κ3) is 5.64. The maximum atomic E-state index is 12.3. The van der Waals surface area contributed by atoms with E-state index in [1.54, 1.807) is 7.11 Å². The van der Waals surface area contributed by atoms with Crippen LogP contribution in [0, 0.1) is 0 Å². The number of carbonyl (C=O) groups excluding carboxylic acids is 1. The Morgan fingerprint density at radius 3 is 2.39 bits per heavy atom. The van der Waals surface area contributed by atoms with Crippen LogP contribution in [0.25, 0.3) is 11.1 Å². The lowest BCUT2D eigenvalue weighted by atomic mass is 10.1. The van der Waals surface area contributed by atoms with Gasteiger partial charge in [0.25, 0.3) is 5.91 Å². The summed E-state index contributed by atoms with van der Waals surface area (Å²) in [7, 11) is 1.77. The molecule has 3 aromatic rings. The number of ether oxygens (including phenoxy) is 2. The van der Waals surface area contributed by atoms with E-state index in [9.17, 15) is 4.79 Å². The van der Waals surface area contributed by atoms with Gasteiger partial charge < -0.3 is 19.7 Å². The first-order valence-electron chi connectivity index (χ1n) is 10.7. The minimum absolute atomic E-state index is 0.0337. The molecule has 4 rings (SSSR count). The van der Waals surface area contributed by atoms with Gasteiger partial charge in [-0.2, -0.15) is 0 Å². The second-order valence-corrected chi connectivity index (χ2v) is 7.72. The molecule has 0 radical (unpaired) electrons. The predicted molar refractivity (Wildman–Crippen MR) is 125 cm³/mol. The number of nitrogens with zero attached hydrogens (tertiary/aromatic N) is 1. The summed E-state index contributed by atoms with van der Waals surface area (Å²) in [6, 6.07) is 25.9. The van der Waals surface area contributed by atoms with Crippen molar-refractivity contribution >= 4 is 17.3 Å². The van der Waals surface area contributed by atoms with E-state index in [1.807, 2.05) is 66.7 Å². The van der Waals surface area contributed by atoms with Crippen molar-refractivity contribution in [1.29, 1.82) is 0 Å². The number of piperidine rings is 1. The molecular formula is C26H28N2O3. The Labute approximate surface area is 183 Å². The van der Waals surface area contributed by atoms with E-state index in [1.165, 1.54) is 0 Å². The first-order chi connectivity index (χ1) is 15.2. The number of carbonyl (C=O) groups is 1. The molecule has 31 heavy (non-hydrogen) atoms. The van der Waals surface area contributed by atoms with E-state index in [4.69, 9.17) is 9.47 Å². The summed E-state index contributed by atoms with van der Waals surface area (Å²) in [6.45, 7) is 1.90. The molecular weight excluding hydrogens is 388 g/mol. The fraction of sp³-hybridized carbons (Fsp3) is 0.269. The lowest BCUT2D eigenvalue weighted by molar-refractivity contribution is -0.118. The van der Waals surface area contributed by atoms with Crippen LogP contribution in [-0.4, -0.2) is 38.8 Å². The van der Waals surface area contributed by atoms with E-state index < -0.39 is 0 Å². The third-order valence-electron chi connectivity index (χ3n) is 5.56. The molecule has 0 saturated carbocycles. The molecule has 1 aliphatic rings. The molecule has 1 N–H and O–H groups in total. The average molecular weight is 417 g/mol. The zero-order valence-electron chi connectivity index (χ0n) is 17.8. The smallest absolute Gasteiger partial charge is 0.262 e. The van der Waals surface area contributed by atoms with Gasteiger partial charge in [0.05, 0.1) is 6.10 Å². The third-order valence-corrected chi connectivity index (χ3v) is 5.56. The minimum atomic E-state index is -0.183. The molecule has 3 aromatic carbocycles. The molecule has 1 amide bonds. The summed E-state index contributed by atoms with van der Waals surface area (Å²) in [5.41, 5.74) is 4.17. The summed E-state index contributed by atoms with van der Waals surface area (Å²) in [6.07, 6.45) is 2.52. The molecule has 0 spiro atoms. The van der Waals surface area contributed by atoms with Crippen molar-refractivity contribution in [2.75, 3.05) is 37.0 Å². The summed E-state index contributed by atoms with van der Waals surface area (Å²) in [4.78, 5) is 14.6. The summed E-state index contributed by atoms with van der Waals surface area (Å²) in [5, 5.41) is 2.89. The first-order valence-corrected chi connectivity index (χ1v) is 10.7. The maximum absolute atomic E-state index is 12.3. The fourth-order valence-corrected chi connectivity index (χ4v) is 3.84. The van der Waals surface area contributed by atoms with Gasteiger partial charge in [0.2, 0.25) is 0 Å². The van der Waals surface area contributed by atoms with Crippen molar-refractivity contribution in [3.8, 4) is 16.9 Å². The zero-order valence-corrected chi connectivity index (χ0v) is 17.8. The van der Waals surface area contributed by atoms with Gasteiger partial charge in [-0.05, 0) is 60.4 Å². The lowest BCUT2D eigenvalue weighted by Crippen LogP contribution is -2.39. The summed E-state index contributed by atoms with van der Waals surface area (Å²) < 4.78 is 11.1. The summed E-state index contributed by atoms with van der Waals surface area (Å²) >= 11 is 0. The van der Waals surface area contributed by atoms with Crippen LogP contribution in [0.3, 0.4) is 0 Å². The molecule has 5 heteroatoms. The van der Waals surface area contributed by atoms with Crippen LogP contribution in [0.2, 0.25) is 0 Å². The Hall–Kier alpha value is -3.31. The van der Waals surface area contributed by atoms with E-state index in [0.29, 0.717) is 5.75 Å². The number of methoxy groups -OCH3 is 1. The van der Waals surface area contributed by atoms with Crippen LogP contribution in [0.15, 0.2) is 78.9 Å². The molecule has 0 aromatic heterocycles. The molecule has 0 aliphatic carbocycles. The van der Waals surface area contributed by atoms with Crippen molar-refractivity contribution < 1.29 is 14.3 Å². The van der Waals surface area contributed by atoms with Gasteiger partial charge >= 0.3 is 0 Å². The predicted octanol–water partition coefficient (Wildman–Crippen LogP) is 4.99. The monoisotopic (exact) mass is 416 g/mol. The van der Waals surface area contributed by atoms with E-state index in [-0.39, 0.29) is 18.6 Å². The fourth-order valence-electron chi connectivity index (χ4n) is 3.84. The minimum Gasteiger partial charge on any atom is -0.484 e. The molecule has 1 heterocycles. The Morgan fingerprint density at radius 1 is 0.968 bits per heavy atom. The number of amides is 1. The van der Waals surface area contributed by atoms with E-state index in [2.05, 4.69) is 22.3 Å². The van der Waals surface area contributed by atoms with Gasteiger partial charge in [0.15, 0.2) is 6.61 Å². The highest BCUT2D eigenvalue weighted by Gasteiger charge is 2.19. The van der Waals surface area contributed by atoms with Gasteiger partial charge in [-0.3, -0.25) is 4.79 Å². The lowest BCUT2D eigenvalue weighted by Gasteiger charge is -2.33. The van der Waals surface area contributed by atoms with E-state index >= 15 is 0 Å². The van der Waals surface area contributed by atoms with Crippen LogP contribution < -0.4 is 15.0 Å². The number of rotatable bonds is 7. The van der Waals surface area contributed by atoms with Crippen LogP contribution in [0.4, 0.5) is 11.4 Å². The van der Waals surface area contributed by atoms with Crippen LogP contribution in [0.5, 0.6) is 5.75 Å². The van der Waals surface area contributed by atoms with Crippen molar-refractivity contribution in [2.45, 2.75) is 18.9 Å². The Balaban J connectivity index is 1.27. The number of benzene rings is 3.